The highest BCUT2D eigenvalue weighted by atomic mass is 32.2. The normalized spacial score (nSPS) is 11.0. The molecule has 0 aliphatic rings. The Morgan fingerprint density at radius 3 is 2.52 bits per heavy atom. The summed E-state index contributed by atoms with van der Waals surface area (Å²) < 4.78 is 0. The average molecular weight is 302 g/mol. The first-order valence-electron chi connectivity index (χ1n) is 7.30. The maximum Gasteiger partial charge on any atom is 0.247 e. The van der Waals surface area contributed by atoms with Gasteiger partial charge in [-0.05, 0) is 43.7 Å². The molecule has 1 aromatic carbocycles. The Morgan fingerprint density at radius 2 is 1.95 bits per heavy atom. The third-order valence-electron chi connectivity index (χ3n) is 3.06. The number of allylic oxidation sites excluding steroid dienone is 1. The van der Waals surface area contributed by atoms with Crippen LogP contribution in [-0.4, -0.2) is 23.9 Å². The van der Waals surface area contributed by atoms with E-state index in [2.05, 4.69) is 6.07 Å². The number of thioether (sulfide) groups is 1. The third kappa shape index (κ3) is 6.50. The van der Waals surface area contributed by atoms with Gasteiger partial charge in [-0.1, -0.05) is 30.0 Å². The van der Waals surface area contributed by atoms with E-state index >= 15 is 0 Å². The predicted molar refractivity (Wildman–Crippen MR) is 87.8 cm³/mol. The van der Waals surface area contributed by atoms with Crippen LogP contribution in [0.15, 0.2) is 46.2 Å². The van der Waals surface area contributed by atoms with E-state index in [1.54, 1.807) is 22.7 Å². The predicted octanol–water partition coefficient (Wildman–Crippen LogP) is 4.22. The molecule has 3 nitrogen and oxygen atoms in total. The second kappa shape index (κ2) is 10.1. The van der Waals surface area contributed by atoms with Crippen LogP contribution in [0, 0.1) is 11.3 Å². The molecule has 0 heterocycles. The summed E-state index contributed by atoms with van der Waals surface area (Å²) in [5.74, 6) is 0.0513. The van der Waals surface area contributed by atoms with Crippen LogP contribution in [0.4, 0.5) is 0 Å². The topological polar surface area (TPSA) is 44.1 Å². The molecule has 0 atom stereocenters. The Balaban J connectivity index is 2.80. The van der Waals surface area contributed by atoms with Crippen LogP contribution in [0.25, 0.3) is 0 Å². The van der Waals surface area contributed by atoms with Gasteiger partial charge in [0.05, 0.1) is 6.07 Å². The number of nitriles is 1. The zero-order chi connectivity index (χ0) is 15.5. The zero-order valence-electron chi connectivity index (χ0n) is 12.7. The first-order chi connectivity index (χ1) is 10.2. The van der Waals surface area contributed by atoms with Gasteiger partial charge in [0.2, 0.25) is 5.91 Å². The van der Waals surface area contributed by atoms with Gasteiger partial charge >= 0.3 is 0 Å². The minimum absolute atomic E-state index is 0.0513. The molecule has 0 saturated heterocycles. The molecule has 1 aromatic rings. The van der Waals surface area contributed by atoms with Crippen molar-refractivity contribution in [1.29, 1.82) is 5.26 Å². The Bertz CT molecular complexity index is 501. The van der Waals surface area contributed by atoms with Crippen molar-refractivity contribution in [2.24, 2.45) is 0 Å². The Hall–Kier alpha value is -1.73. The van der Waals surface area contributed by atoms with Gasteiger partial charge in [0.15, 0.2) is 0 Å². The summed E-state index contributed by atoms with van der Waals surface area (Å²) in [6, 6.07) is 12.2. The smallest absolute Gasteiger partial charge is 0.247 e. The first kappa shape index (κ1) is 17.3. The van der Waals surface area contributed by atoms with Crippen LogP contribution in [0.1, 0.15) is 33.1 Å². The van der Waals surface area contributed by atoms with Gasteiger partial charge in [0, 0.05) is 30.5 Å². The molecule has 0 radical (unpaired) electrons. The minimum atomic E-state index is 0.0513. The van der Waals surface area contributed by atoms with Crippen molar-refractivity contribution in [3.8, 4) is 6.07 Å². The summed E-state index contributed by atoms with van der Waals surface area (Å²) in [5.41, 5.74) is 0. The Labute approximate surface area is 131 Å². The van der Waals surface area contributed by atoms with E-state index < -0.39 is 0 Å². The number of benzene rings is 1. The highest BCUT2D eigenvalue weighted by Gasteiger charge is 2.09. The maximum absolute atomic E-state index is 12.2. The molecule has 0 fully saturated rings. The van der Waals surface area contributed by atoms with Crippen LogP contribution in [0.3, 0.4) is 0 Å². The van der Waals surface area contributed by atoms with Crippen molar-refractivity contribution in [2.45, 2.75) is 38.0 Å². The molecule has 0 spiro atoms. The lowest BCUT2D eigenvalue weighted by Crippen LogP contribution is -2.28. The van der Waals surface area contributed by atoms with Gasteiger partial charge in [-0.2, -0.15) is 5.26 Å². The summed E-state index contributed by atoms with van der Waals surface area (Å²) in [6.07, 6.45) is 3.79. The van der Waals surface area contributed by atoms with E-state index in [0.29, 0.717) is 19.5 Å². The van der Waals surface area contributed by atoms with Gasteiger partial charge in [-0.15, -0.1) is 0 Å². The number of nitrogens with zero attached hydrogens (tertiary/aromatic N) is 2. The van der Waals surface area contributed by atoms with Crippen molar-refractivity contribution in [2.75, 3.05) is 13.1 Å². The summed E-state index contributed by atoms with van der Waals surface area (Å²) in [6.45, 7) is 5.39. The molecule has 0 aromatic heterocycles. The van der Waals surface area contributed by atoms with Crippen molar-refractivity contribution < 1.29 is 4.79 Å². The number of amides is 1. The summed E-state index contributed by atoms with van der Waals surface area (Å²) in [4.78, 5) is 16.2. The Kier molecular flexibility index (Phi) is 8.30. The van der Waals surface area contributed by atoms with Crippen LogP contribution < -0.4 is 0 Å². The molecule has 0 bridgehead atoms. The number of hydrogen-bond donors (Lipinski definition) is 0. The van der Waals surface area contributed by atoms with Crippen molar-refractivity contribution in [1.82, 2.24) is 4.90 Å². The van der Waals surface area contributed by atoms with Crippen LogP contribution in [0.2, 0.25) is 0 Å². The second-order valence-corrected chi connectivity index (χ2v) is 5.75. The molecule has 0 aliphatic heterocycles. The van der Waals surface area contributed by atoms with Gasteiger partial charge in [-0.3, -0.25) is 4.79 Å². The molecule has 0 saturated carbocycles. The number of unbranched alkanes of at least 4 members (excludes halogenated alkanes) is 1. The van der Waals surface area contributed by atoms with E-state index in [0.717, 1.165) is 22.6 Å². The fraction of sp³-hybridized carbons (Fsp3) is 0.412. The summed E-state index contributed by atoms with van der Waals surface area (Å²) in [7, 11) is 0. The molecular formula is C17H22N2OS. The van der Waals surface area contributed by atoms with Crippen molar-refractivity contribution in [3.63, 3.8) is 0 Å². The highest BCUT2D eigenvalue weighted by molar-refractivity contribution is 8.03. The monoisotopic (exact) mass is 302 g/mol. The van der Waals surface area contributed by atoms with Crippen molar-refractivity contribution in [3.05, 3.63) is 41.3 Å². The minimum Gasteiger partial charge on any atom is -0.340 e. The molecule has 0 unspecified atom stereocenters. The molecule has 1 amide bonds. The van der Waals surface area contributed by atoms with Crippen LogP contribution in [-0.2, 0) is 4.79 Å². The first-order valence-corrected chi connectivity index (χ1v) is 8.12. The zero-order valence-corrected chi connectivity index (χ0v) is 13.5. The lowest BCUT2D eigenvalue weighted by atomic mass is 10.2. The molecule has 1 rings (SSSR count). The van der Waals surface area contributed by atoms with E-state index in [9.17, 15) is 4.79 Å². The fourth-order valence-corrected chi connectivity index (χ4v) is 2.90. The number of hydrogen-bond acceptors (Lipinski definition) is 3. The number of carbonyl (C=O) groups excluding carboxylic acids is 1. The molecule has 4 heteroatoms. The lowest BCUT2D eigenvalue weighted by molar-refractivity contribution is -0.125. The SMILES string of the molecule is CCN(CC)C(=O)/C=C(/CCCC#N)Sc1ccccc1. The van der Waals surface area contributed by atoms with Crippen molar-refractivity contribution >= 4 is 17.7 Å². The molecule has 0 aliphatic carbocycles. The molecule has 21 heavy (non-hydrogen) atoms. The van der Waals surface area contributed by atoms with Gasteiger partial charge in [0.1, 0.15) is 0 Å². The van der Waals surface area contributed by atoms with Crippen LogP contribution in [0.5, 0.6) is 0 Å². The van der Waals surface area contributed by atoms with Gasteiger partial charge in [0.25, 0.3) is 0 Å². The summed E-state index contributed by atoms with van der Waals surface area (Å²) in [5, 5.41) is 8.66. The lowest BCUT2D eigenvalue weighted by Gasteiger charge is -2.17. The second-order valence-electron chi connectivity index (χ2n) is 4.55. The molecule has 0 N–H and O–H groups in total. The van der Waals surface area contributed by atoms with E-state index in [-0.39, 0.29) is 5.91 Å². The van der Waals surface area contributed by atoms with E-state index in [4.69, 9.17) is 5.26 Å². The number of likely N-dealkylation sites (N-methyl/N-ethyl adjacent to an activating group) is 1. The quantitative estimate of drug-likeness (QED) is 0.410. The average Bonchev–Trinajstić information content (AvgIpc) is 2.49. The third-order valence-corrected chi connectivity index (χ3v) is 4.16. The molecule has 112 valence electrons. The largest absolute Gasteiger partial charge is 0.340 e. The number of rotatable bonds is 8. The molecular weight excluding hydrogens is 280 g/mol. The Morgan fingerprint density at radius 1 is 1.29 bits per heavy atom. The van der Waals surface area contributed by atoms with E-state index in [1.807, 2.05) is 44.2 Å². The standard InChI is InChI=1S/C17H22N2OS/c1-3-19(4-2)17(20)14-16(12-8-9-13-18)21-15-10-6-5-7-11-15/h5-7,10-11,14H,3-4,8-9,12H2,1-2H3/b16-14-. The summed E-state index contributed by atoms with van der Waals surface area (Å²) >= 11 is 1.61. The van der Waals surface area contributed by atoms with Crippen LogP contribution >= 0.6 is 11.8 Å². The number of carbonyl (C=O) groups is 1. The maximum atomic E-state index is 12.2. The van der Waals surface area contributed by atoms with Gasteiger partial charge < -0.3 is 4.90 Å². The van der Waals surface area contributed by atoms with E-state index in [1.165, 1.54) is 0 Å². The van der Waals surface area contributed by atoms with Gasteiger partial charge in [-0.25, -0.2) is 0 Å². The highest BCUT2D eigenvalue weighted by Crippen LogP contribution is 2.30. The fourth-order valence-electron chi connectivity index (χ4n) is 1.90.